The molecule has 1 aromatic heterocycles. The summed E-state index contributed by atoms with van der Waals surface area (Å²) in [6.07, 6.45) is -1.94. The number of hydrogen-bond donors (Lipinski definition) is 1. The van der Waals surface area contributed by atoms with E-state index in [2.05, 4.69) is 15.5 Å². The van der Waals surface area contributed by atoms with Crippen LogP contribution in [0.1, 0.15) is 17.5 Å². The van der Waals surface area contributed by atoms with Crippen molar-refractivity contribution in [1.29, 1.82) is 0 Å². The minimum Gasteiger partial charge on any atom is -0.490 e. The highest BCUT2D eigenvalue weighted by Crippen LogP contribution is 2.33. The van der Waals surface area contributed by atoms with Crippen LogP contribution in [0.25, 0.3) is 6.08 Å². The molecule has 1 N–H and O–H groups in total. The average molecular weight is 479 g/mol. The Hall–Kier alpha value is -3.60. The van der Waals surface area contributed by atoms with Gasteiger partial charge in [-0.05, 0) is 42.8 Å². The number of carbonyl (C=O) groups excluding carboxylic acids is 1. The number of benzene rings is 2. The van der Waals surface area contributed by atoms with E-state index in [9.17, 15) is 18.0 Å². The van der Waals surface area contributed by atoms with E-state index in [1.54, 1.807) is 18.2 Å². The Kier molecular flexibility index (Phi) is 8.25. The van der Waals surface area contributed by atoms with E-state index in [4.69, 9.17) is 14.2 Å². The topological polar surface area (TPSA) is 82.6 Å². The Labute approximate surface area is 191 Å². The number of amides is 1. The second kappa shape index (κ2) is 11.3. The Balaban J connectivity index is 1.56. The van der Waals surface area contributed by atoms with Crippen LogP contribution in [0.5, 0.6) is 17.2 Å². The van der Waals surface area contributed by atoms with Crippen LogP contribution in [0.4, 0.5) is 18.3 Å². The molecule has 7 nitrogen and oxygen atoms in total. The zero-order valence-corrected chi connectivity index (χ0v) is 18.3. The van der Waals surface area contributed by atoms with Gasteiger partial charge in [-0.2, -0.15) is 13.2 Å². The molecule has 33 heavy (non-hydrogen) atoms. The van der Waals surface area contributed by atoms with Gasteiger partial charge in [0.2, 0.25) is 16.0 Å². The number of halogens is 3. The molecule has 0 spiro atoms. The molecule has 0 unspecified atom stereocenters. The molecular weight excluding hydrogens is 459 g/mol. The van der Waals surface area contributed by atoms with Crippen LogP contribution in [-0.4, -0.2) is 35.9 Å². The molecule has 3 rings (SSSR count). The van der Waals surface area contributed by atoms with Crippen molar-refractivity contribution in [2.24, 2.45) is 0 Å². The van der Waals surface area contributed by atoms with Crippen molar-refractivity contribution < 1.29 is 32.2 Å². The zero-order valence-electron chi connectivity index (χ0n) is 17.5. The monoisotopic (exact) mass is 479 g/mol. The van der Waals surface area contributed by atoms with E-state index in [1.165, 1.54) is 12.2 Å². The maximum Gasteiger partial charge on any atom is 0.445 e. The lowest BCUT2D eigenvalue weighted by Gasteiger charge is -2.13. The minimum absolute atomic E-state index is 0.242. The van der Waals surface area contributed by atoms with E-state index in [1.807, 2.05) is 37.3 Å². The second-order valence-corrected chi connectivity index (χ2v) is 7.36. The standard InChI is InChI=1S/C22H20F3N3O4S/c1-2-30-18-14-15(8-10-17(18)32-13-12-31-16-6-4-3-5-7-16)9-11-19(29)26-21-28-27-20(33-21)22(23,24)25/h3-11,14H,2,12-13H2,1H3,(H,26,28,29). The molecule has 0 atom stereocenters. The van der Waals surface area contributed by atoms with Gasteiger partial charge in [0, 0.05) is 6.08 Å². The van der Waals surface area contributed by atoms with E-state index >= 15 is 0 Å². The summed E-state index contributed by atoms with van der Waals surface area (Å²) in [5.41, 5.74) is 0.634. The summed E-state index contributed by atoms with van der Waals surface area (Å²) in [5.74, 6) is 1.10. The first-order chi connectivity index (χ1) is 15.8. The summed E-state index contributed by atoms with van der Waals surface area (Å²) in [5, 5.41) is 7.21. The van der Waals surface area contributed by atoms with E-state index in [-0.39, 0.29) is 16.5 Å². The van der Waals surface area contributed by atoms with Gasteiger partial charge in [-0.25, -0.2) is 0 Å². The first-order valence-electron chi connectivity index (χ1n) is 9.82. The van der Waals surface area contributed by atoms with Gasteiger partial charge in [0.05, 0.1) is 6.61 Å². The summed E-state index contributed by atoms with van der Waals surface area (Å²) in [6.45, 7) is 2.88. The maximum absolute atomic E-state index is 12.6. The van der Waals surface area contributed by atoms with Gasteiger partial charge in [0.15, 0.2) is 11.5 Å². The molecule has 3 aromatic rings. The third kappa shape index (κ3) is 7.49. The van der Waals surface area contributed by atoms with Crippen molar-refractivity contribution in [3.05, 3.63) is 65.2 Å². The molecule has 0 aliphatic heterocycles. The molecule has 0 fully saturated rings. The van der Waals surface area contributed by atoms with Gasteiger partial charge in [0.1, 0.15) is 19.0 Å². The zero-order chi connectivity index (χ0) is 23.7. The number of carbonyl (C=O) groups is 1. The molecule has 0 saturated heterocycles. The highest BCUT2D eigenvalue weighted by molar-refractivity contribution is 7.15. The molecule has 0 radical (unpaired) electrons. The van der Waals surface area contributed by atoms with Crippen molar-refractivity contribution in [1.82, 2.24) is 10.2 Å². The second-order valence-electron chi connectivity index (χ2n) is 6.38. The van der Waals surface area contributed by atoms with Gasteiger partial charge in [-0.15, -0.1) is 10.2 Å². The van der Waals surface area contributed by atoms with E-state index in [0.717, 1.165) is 5.75 Å². The van der Waals surface area contributed by atoms with E-state index < -0.39 is 17.1 Å². The third-order valence-corrected chi connectivity index (χ3v) is 4.83. The Bertz CT molecular complexity index is 1090. The fourth-order valence-corrected chi connectivity index (χ4v) is 3.16. The Morgan fingerprint density at radius 3 is 2.48 bits per heavy atom. The van der Waals surface area contributed by atoms with Gasteiger partial charge in [-0.1, -0.05) is 35.6 Å². The summed E-state index contributed by atoms with van der Waals surface area (Å²) in [4.78, 5) is 12.0. The van der Waals surface area contributed by atoms with Crippen molar-refractivity contribution in [3.63, 3.8) is 0 Å². The third-order valence-electron chi connectivity index (χ3n) is 3.95. The van der Waals surface area contributed by atoms with Crippen LogP contribution in [0.2, 0.25) is 0 Å². The van der Waals surface area contributed by atoms with Gasteiger partial charge >= 0.3 is 6.18 Å². The molecular formula is C22H20F3N3O4S. The van der Waals surface area contributed by atoms with Crippen molar-refractivity contribution >= 4 is 28.5 Å². The number of hydrogen-bond acceptors (Lipinski definition) is 7. The van der Waals surface area contributed by atoms with Gasteiger partial charge in [0.25, 0.3) is 0 Å². The lowest BCUT2D eigenvalue weighted by atomic mass is 10.2. The van der Waals surface area contributed by atoms with Crippen LogP contribution >= 0.6 is 11.3 Å². The molecule has 0 bridgehead atoms. The highest BCUT2D eigenvalue weighted by Gasteiger charge is 2.35. The van der Waals surface area contributed by atoms with Crippen LogP contribution in [0.15, 0.2) is 54.6 Å². The number of alkyl halides is 3. The number of anilines is 1. The van der Waals surface area contributed by atoms with Crippen molar-refractivity contribution in [2.45, 2.75) is 13.1 Å². The first-order valence-corrected chi connectivity index (χ1v) is 10.6. The molecule has 1 amide bonds. The quantitative estimate of drug-likeness (QED) is 0.323. The van der Waals surface area contributed by atoms with Gasteiger partial charge in [-0.3, -0.25) is 10.1 Å². The van der Waals surface area contributed by atoms with Crippen molar-refractivity contribution in [2.75, 3.05) is 25.1 Å². The summed E-state index contributed by atoms with van der Waals surface area (Å²) >= 11 is 0.249. The molecule has 0 saturated carbocycles. The molecule has 174 valence electrons. The van der Waals surface area contributed by atoms with Crippen LogP contribution in [0, 0.1) is 0 Å². The smallest absolute Gasteiger partial charge is 0.445 e. The van der Waals surface area contributed by atoms with Crippen LogP contribution in [0.3, 0.4) is 0 Å². The normalized spacial score (nSPS) is 11.4. The Morgan fingerprint density at radius 1 is 1.03 bits per heavy atom. The average Bonchev–Trinajstić information content (AvgIpc) is 3.26. The number of nitrogens with one attached hydrogen (secondary N) is 1. The molecule has 2 aromatic carbocycles. The minimum atomic E-state index is -4.61. The lowest BCUT2D eigenvalue weighted by Crippen LogP contribution is -2.10. The van der Waals surface area contributed by atoms with Crippen LogP contribution < -0.4 is 19.5 Å². The summed E-state index contributed by atoms with van der Waals surface area (Å²) in [6, 6.07) is 14.5. The van der Waals surface area contributed by atoms with Gasteiger partial charge < -0.3 is 14.2 Å². The number of aromatic nitrogens is 2. The molecule has 0 aliphatic carbocycles. The lowest BCUT2D eigenvalue weighted by molar-refractivity contribution is -0.138. The Morgan fingerprint density at radius 2 is 1.79 bits per heavy atom. The fourth-order valence-electron chi connectivity index (χ4n) is 2.55. The highest BCUT2D eigenvalue weighted by atomic mass is 32.1. The number of rotatable bonds is 10. The predicted octanol–water partition coefficient (Wildman–Crippen LogP) is 5.07. The molecule has 11 heteroatoms. The largest absolute Gasteiger partial charge is 0.490 e. The SMILES string of the molecule is CCOc1cc(C=CC(=O)Nc2nnc(C(F)(F)F)s2)ccc1OCCOc1ccccc1. The van der Waals surface area contributed by atoms with Crippen LogP contribution in [-0.2, 0) is 11.0 Å². The first kappa shape index (κ1) is 24.1. The fraction of sp³-hybridized carbons (Fsp3) is 0.227. The molecule has 1 heterocycles. The summed E-state index contributed by atoms with van der Waals surface area (Å²) in [7, 11) is 0. The number of ether oxygens (including phenoxy) is 3. The predicted molar refractivity (Wildman–Crippen MR) is 118 cm³/mol. The van der Waals surface area contributed by atoms with E-state index in [0.29, 0.717) is 36.9 Å². The molecule has 0 aliphatic rings. The number of nitrogens with zero attached hydrogens (tertiary/aromatic N) is 2. The summed E-state index contributed by atoms with van der Waals surface area (Å²) < 4.78 is 54.6. The number of para-hydroxylation sites is 1. The van der Waals surface area contributed by atoms with Crippen molar-refractivity contribution in [3.8, 4) is 17.2 Å². The maximum atomic E-state index is 12.6.